The van der Waals surface area contributed by atoms with Gasteiger partial charge in [0.2, 0.25) is 0 Å². The van der Waals surface area contributed by atoms with E-state index in [1.807, 2.05) is 6.92 Å². The van der Waals surface area contributed by atoms with E-state index in [0.717, 1.165) is 12.5 Å². The molecule has 1 atom stereocenters. The summed E-state index contributed by atoms with van der Waals surface area (Å²) in [4.78, 5) is 20.1. The van der Waals surface area contributed by atoms with Crippen molar-refractivity contribution in [3.63, 3.8) is 0 Å². The number of ether oxygens (including phenoxy) is 1. The molecule has 1 aliphatic heterocycles. The van der Waals surface area contributed by atoms with Crippen molar-refractivity contribution in [1.29, 1.82) is 5.26 Å². The lowest BCUT2D eigenvalue weighted by Crippen LogP contribution is -2.59. The first-order valence-electron chi connectivity index (χ1n) is 10.3. The molecule has 2 amide bonds. The molecule has 3 rings (SSSR count). The number of rotatable bonds is 6. The predicted molar refractivity (Wildman–Crippen MR) is 112 cm³/mol. The highest BCUT2D eigenvalue weighted by molar-refractivity contribution is 5.75. The Kier molecular flexibility index (Phi) is 7.41. The van der Waals surface area contributed by atoms with Crippen molar-refractivity contribution >= 4 is 11.7 Å². The van der Waals surface area contributed by atoms with Crippen LogP contribution in [0.4, 0.5) is 23.7 Å². The molecule has 32 heavy (non-hydrogen) atoms. The number of nitriles is 1. The predicted octanol–water partition coefficient (Wildman–Crippen LogP) is 3.66. The highest BCUT2D eigenvalue weighted by Crippen LogP contribution is 2.35. The summed E-state index contributed by atoms with van der Waals surface area (Å²) in [5.41, 5.74) is -1.05. The van der Waals surface area contributed by atoms with Crippen molar-refractivity contribution in [1.82, 2.24) is 15.2 Å². The Morgan fingerprint density at radius 1 is 1.34 bits per heavy atom. The number of aromatic nitrogens is 1. The van der Waals surface area contributed by atoms with Gasteiger partial charge in [-0.15, -0.1) is 0 Å². The zero-order valence-corrected chi connectivity index (χ0v) is 17.6. The van der Waals surface area contributed by atoms with Crippen molar-refractivity contribution in [2.24, 2.45) is 0 Å². The van der Waals surface area contributed by atoms with Crippen molar-refractivity contribution in [3.8, 4) is 11.8 Å². The maximum atomic E-state index is 13.4. The molecule has 2 heterocycles. The van der Waals surface area contributed by atoms with Gasteiger partial charge in [0.15, 0.2) is 0 Å². The zero-order valence-electron chi connectivity index (χ0n) is 17.6. The summed E-state index contributed by atoms with van der Waals surface area (Å²) in [5.74, 6) is 0.538. The molecule has 10 heteroatoms. The van der Waals surface area contributed by atoms with Crippen LogP contribution in [-0.2, 0) is 6.18 Å². The van der Waals surface area contributed by atoms with Gasteiger partial charge in [-0.3, -0.25) is 4.98 Å². The van der Waals surface area contributed by atoms with E-state index in [1.54, 1.807) is 40.4 Å². The third-order valence-corrected chi connectivity index (χ3v) is 5.14. The Bertz CT molecular complexity index is 962. The fourth-order valence-corrected chi connectivity index (χ4v) is 3.52. The zero-order chi connectivity index (χ0) is 23.1. The first kappa shape index (κ1) is 23.2. The molecular weight excluding hydrogens is 423 g/mol. The Morgan fingerprint density at radius 3 is 2.81 bits per heavy atom. The Morgan fingerprint density at radius 2 is 2.16 bits per heavy atom. The topological polar surface area (TPSA) is 81.5 Å². The number of piperazine rings is 1. The fraction of sp³-hybridized carbons (Fsp3) is 0.409. The van der Waals surface area contributed by atoms with E-state index in [1.165, 1.54) is 12.1 Å². The van der Waals surface area contributed by atoms with E-state index in [0.29, 0.717) is 31.1 Å². The first-order chi connectivity index (χ1) is 15.3. The molecular formula is C22H24F3N5O2. The van der Waals surface area contributed by atoms with Gasteiger partial charge in [-0.05, 0) is 36.8 Å². The first-order valence-corrected chi connectivity index (χ1v) is 10.3. The van der Waals surface area contributed by atoms with Crippen molar-refractivity contribution in [3.05, 3.63) is 53.9 Å². The van der Waals surface area contributed by atoms with Gasteiger partial charge in [-0.25, -0.2) is 4.79 Å². The summed E-state index contributed by atoms with van der Waals surface area (Å²) in [6.45, 7) is 3.58. The number of carbonyl (C=O) groups excluding carboxylic acids is 1. The van der Waals surface area contributed by atoms with Crippen LogP contribution in [0.2, 0.25) is 0 Å². The van der Waals surface area contributed by atoms with Gasteiger partial charge in [0, 0.05) is 38.1 Å². The van der Waals surface area contributed by atoms with Crippen LogP contribution in [-0.4, -0.2) is 54.7 Å². The van der Waals surface area contributed by atoms with E-state index in [4.69, 9.17) is 10.00 Å². The van der Waals surface area contributed by atoms with E-state index >= 15 is 0 Å². The summed E-state index contributed by atoms with van der Waals surface area (Å²) in [5, 5.41) is 11.9. The molecule has 1 saturated heterocycles. The van der Waals surface area contributed by atoms with Gasteiger partial charge < -0.3 is 19.9 Å². The molecule has 170 valence electrons. The van der Waals surface area contributed by atoms with Crippen LogP contribution in [0.1, 0.15) is 24.5 Å². The number of amides is 2. The van der Waals surface area contributed by atoms with Gasteiger partial charge in [0.05, 0.1) is 29.4 Å². The van der Waals surface area contributed by atoms with Crippen LogP contribution in [0.3, 0.4) is 0 Å². The second kappa shape index (κ2) is 10.2. The third kappa shape index (κ3) is 5.60. The van der Waals surface area contributed by atoms with Crippen molar-refractivity contribution in [2.75, 3.05) is 37.7 Å². The summed E-state index contributed by atoms with van der Waals surface area (Å²) < 4.78 is 46.0. The number of halogens is 3. The summed E-state index contributed by atoms with van der Waals surface area (Å²) >= 11 is 0. The number of nitrogens with one attached hydrogen (secondary N) is 1. The van der Waals surface area contributed by atoms with Crippen molar-refractivity contribution < 1.29 is 22.7 Å². The van der Waals surface area contributed by atoms with E-state index in [2.05, 4.69) is 10.3 Å². The Labute approximate surface area is 184 Å². The molecule has 0 radical (unpaired) electrons. The third-order valence-electron chi connectivity index (χ3n) is 5.14. The molecule has 1 fully saturated rings. The van der Waals surface area contributed by atoms with Gasteiger partial charge in [0.1, 0.15) is 12.4 Å². The molecule has 1 aromatic heterocycles. The SMILES string of the molecule is CCCNC(=O)N1CCN(c2ccc(C#N)c(C(F)(F)F)c2)CC1COc1cccnc1. The normalized spacial score (nSPS) is 16.4. The van der Waals surface area contributed by atoms with Crippen LogP contribution in [0.5, 0.6) is 5.75 Å². The average Bonchev–Trinajstić information content (AvgIpc) is 2.80. The molecule has 0 spiro atoms. The minimum Gasteiger partial charge on any atom is -0.490 e. The maximum absolute atomic E-state index is 13.4. The van der Waals surface area contributed by atoms with E-state index < -0.39 is 23.3 Å². The number of benzene rings is 1. The molecule has 2 aromatic rings. The van der Waals surface area contributed by atoms with Crippen LogP contribution < -0.4 is 15.0 Å². The number of alkyl halides is 3. The fourth-order valence-electron chi connectivity index (χ4n) is 3.52. The van der Waals surface area contributed by atoms with Crippen molar-refractivity contribution in [2.45, 2.75) is 25.6 Å². The van der Waals surface area contributed by atoms with Crippen LogP contribution in [0.25, 0.3) is 0 Å². The smallest absolute Gasteiger partial charge is 0.417 e. The average molecular weight is 447 g/mol. The number of hydrogen-bond donors (Lipinski definition) is 1. The van der Waals surface area contributed by atoms with Crippen LogP contribution >= 0.6 is 0 Å². The second-order valence-electron chi connectivity index (χ2n) is 7.36. The minimum absolute atomic E-state index is 0.157. The highest BCUT2D eigenvalue weighted by atomic mass is 19.4. The molecule has 0 bridgehead atoms. The second-order valence-corrected chi connectivity index (χ2v) is 7.36. The summed E-state index contributed by atoms with van der Waals surface area (Å²) in [7, 11) is 0. The standard InChI is InChI=1S/C22H24F3N5O2/c1-2-7-28-21(31)30-10-9-29(14-18(30)15-32-19-4-3-8-27-13-19)17-6-5-16(12-26)20(11-17)22(23,24)25/h3-6,8,11,13,18H,2,7,9-10,14-15H2,1H3,(H,28,31). The molecule has 0 aliphatic carbocycles. The number of nitrogens with zero attached hydrogens (tertiary/aromatic N) is 4. The number of hydrogen-bond acceptors (Lipinski definition) is 5. The summed E-state index contributed by atoms with van der Waals surface area (Å²) in [6, 6.07) is 8.10. The molecule has 7 nitrogen and oxygen atoms in total. The van der Waals surface area contributed by atoms with Crippen LogP contribution in [0, 0.1) is 11.3 Å². The Balaban J connectivity index is 1.81. The lowest BCUT2D eigenvalue weighted by atomic mass is 10.1. The largest absolute Gasteiger partial charge is 0.490 e. The monoisotopic (exact) mass is 447 g/mol. The lowest BCUT2D eigenvalue weighted by Gasteiger charge is -2.42. The van der Waals surface area contributed by atoms with Gasteiger partial charge >= 0.3 is 12.2 Å². The molecule has 1 aliphatic rings. The van der Waals surface area contributed by atoms with E-state index in [9.17, 15) is 18.0 Å². The highest BCUT2D eigenvalue weighted by Gasteiger charge is 2.36. The maximum Gasteiger partial charge on any atom is 0.417 e. The summed E-state index contributed by atoms with van der Waals surface area (Å²) in [6.07, 6.45) is -0.680. The number of urea groups is 1. The minimum atomic E-state index is -4.63. The molecule has 1 unspecified atom stereocenters. The molecule has 1 aromatic carbocycles. The number of carbonyl (C=O) groups is 1. The molecule has 1 N–H and O–H groups in total. The molecule has 0 saturated carbocycles. The quantitative estimate of drug-likeness (QED) is 0.731. The number of anilines is 1. The van der Waals surface area contributed by atoms with Gasteiger partial charge in [-0.1, -0.05) is 6.92 Å². The van der Waals surface area contributed by atoms with Gasteiger partial charge in [0.25, 0.3) is 0 Å². The number of pyridine rings is 1. The Hall–Kier alpha value is -3.48. The lowest BCUT2D eigenvalue weighted by molar-refractivity contribution is -0.137. The van der Waals surface area contributed by atoms with E-state index in [-0.39, 0.29) is 19.2 Å². The van der Waals surface area contributed by atoms with Gasteiger partial charge in [-0.2, -0.15) is 18.4 Å². The van der Waals surface area contributed by atoms with Crippen LogP contribution in [0.15, 0.2) is 42.7 Å².